The van der Waals surface area contributed by atoms with Gasteiger partial charge >= 0.3 is 0 Å². The molecule has 0 aromatic carbocycles. The topological polar surface area (TPSA) is 29.1 Å². The lowest BCUT2D eigenvalue weighted by atomic mass is 9.66. The van der Waals surface area contributed by atoms with E-state index in [-0.39, 0.29) is 17.3 Å². The van der Waals surface area contributed by atoms with Gasteiger partial charge < -0.3 is 5.32 Å². The van der Waals surface area contributed by atoms with Crippen molar-refractivity contribution in [2.75, 3.05) is 6.54 Å². The van der Waals surface area contributed by atoms with Gasteiger partial charge in [-0.2, -0.15) is 0 Å². The molecular formula is C18H30FNO. The molecule has 1 amide bonds. The number of hydrogen-bond acceptors (Lipinski definition) is 1. The van der Waals surface area contributed by atoms with E-state index in [1.165, 1.54) is 0 Å². The minimum atomic E-state index is -2.01. The van der Waals surface area contributed by atoms with Crippen LogP contribution in [-0.2, 0) is 4.79 Å². The number of rotatable bonds is 5. The molecule has 1 unspecified atom stereocenters. The van der Waals surface area contributed by atoms with Crippen LogP contribution in [0.5, 0.6) is 0 Å². The molecule has 0 aliphatic heterocycles. The highest BCUT2D eigenvalue weighted by molar-refractivity contribution is 5.88. The average molecular weight is 295 g/mol. The fourth-order valence-electron chi connectivity index (χ4n) is 2.35. The minimum Gasteiger partial charge on any atom is -0.352 e. The van der Waals surface area contributed by atoms with Crippen LogP contribution in [0.25, 0.3) is 0 Å². The van der Waals surface area contributed by atoms with E-state index in [0.717, 1.165) is 25.7 Å². The quantitative estimate of drug-likeness (QED) is 0.755. The number of carbonyl (C=O) groups excluding carboxylic acids is 1. The molecule has 0 fully saturated rings. The van der Waals surface area contributed by atoms with Crippen LogP contribution in [0, 0.1) is 22.7 Å². The monoisotopic (exact) mass is 295 g/mol. The second-order valence-corrected chi connectivity index (χ2v) is 7.47. The molecule has 1 N–H and O–H groups in total. The molecule has 120 valence electrons. The van der Waals surface area contributed by atoms with Gasteiger partial charge in [0, 0.05) is 19.4 Å². The summed E-state index contributed by atoms with van der Waals surface area (Å²) in [5.74, 6) is 4.81. The molecule has 0 saturated carbocycles. The maximum absolute atomic E-state index is 14.8. The maximum atomic E-state index is 14.8. The largest absolute Gasteiger partial charge is 0.352 e. The van der Waals surface area contributed by atoms with Gasteiger partial charge in [0.15, 0.2) is 0 Å². The molecule has 0 aromatic heterocycles. The Morgan fingerprint density at radius 3 is 2.48 bits per heavy atom. The highest BCUT2D eigenvalue weighted by Crippen LogP contribution is 2.40. The van der Waals surface area contributed by atoms with Gasteiger partial charge in [-0.25, -0.2) is 4.39 Å². The number of halogens is 1. The van der Waals surface area contributed by atoms with Gasteiger partial charge in [-0.05, 0) is 23.7 Å². The summed E-state index contributed by atoms with van der Waals surface area (Å²) < 4.78 is 14.8. The number of amides is 1. The van der Waals surface area contributed by atoms with Gasteiger partial charge in [-0.3, -0.25) is 4.79 Å². The van der Waals surface area contributed by atoms with Crippen LogP contribution < -0.4 is 5.32 Å². The molecule has 1 aliphatic carbocycles. The first-order valence-electron chi connectivity index (χ1n) is 8.12. The summed E-state index contributed by atoms with van der Waals surface area (Å²) in [4.78, 5) is 12.3. The normalized spacial score (nSPS) is 23.5. The molecule has 1 atom stereocenters. The molecule has 0 radical (unpaired) electrons. The Morgan fingerprint density at radius 1 is 1.19 bits per heavy atom. The van der Waals surface area contributed by atoms with Gasteiger partial charge in [0.1, 0.15) is 0 Å². The summed E-state index contributed by atoms with van der Waals surface area (Å²) in [7, 11) is 0. The summed E-state index contributed by atoms with van der Waals surface area (Å²) in [6, 6.07) is 0. The number of nitrogens with one attached hydrogen (secondary N) is 1. The third kappa shape index (κ3) is 4.46. The standard InChI is InChI=1S/C18H30FNO/c1-6-16(2,3)17(4,5)14-20-15(21)18(19)12-10-8-7-9-11-13-18/h6-10,12,14H2,1-5H3,(H,20,21). The summed E-state index contributed by atoms with van der Waals surface area (Å²) in [5.41, 5.74) is -2.02. The summed E-state index contributed by atoms with van der Waals surface area (Å²) in [6.07, 6.45) is 4.58. The van der Waals surface area contributed by atoms with Gasteiger partial charge in [0.2, 0.25) is 5.67 Å². The Labute approximate surface area is 129 Å². The molecule has 0 heterocycles. The van der Waals surface area contributed by atoms with Crippen molar-refractivity contribution in [3.8, 4) is 11.8 Å². The summed E-state index contributed by atoms with van der Waals surface area (Å²) >= 11 is 0. The lowest BCUT2D eigenvalue weighted by Crippen LogP contribution is -2.49. The van der Waals surface area contributed by atoms with Crippen LogP contribution in [-0.4, -0.2) is 18.1 Å². The first-order chi connectivity index (χ1) is 9.65. The molecule has 0 spiro atoms. The molecule has 21 heavy (non-hydrogen) atoms. The second kappa shape index (κ2) is 6.81. The van der Waals surface area contributed by atoms with Crippen molar-refractivity contribution in [3.63, 3.8) is 0 Å². The molecule has 1 rings (SSSR count). The Balaban J connectivity index is 2.72. The first kappa shape index (κ1) is 18.0. The maximum Gasteiger partial charge on any atom is 0.270 e. The highest BCUT2D eigenvalue weighted by Gasteiger charge is 2.40. The van der Waals surface area contributed by atoms with Crippen LogP contribution >= 0.6 is 0 Å². The fraction of sp³-hybridized carbons (Fsp3) is 0.833. The highest BCUT2D eigenvalue weighted by atomic mass is 19.1. The van der Waals surface area contributed by atoms with E-state index in [1.54, 1.807) is 0 Å². The van der Waals surface area contributed by atoms with Crippen LogP contribution in [0.1, 0.15) is 73.1 Å². The SMILES string of the molecule is CCC(C)(C)C(C)(C)CNC(=O)C1(F)C#CCCCCC1. The fourth-order valence-corrected chi connectivity index (χ4v) is 2.35. The zero-order valence-electron chi connectivity index (χ0n) is 14.2. The van der Waals surface area contributed by atoms with Crippen molar-refractivity contribution >= 4 is 5.91 Å². The molecule has 1 aliphatic rings. The third-order valence-electron chi connectivity index (χ3n) is 5.38. The molecule has 0 aromatic rings. The third-order valence-corrected chi connectivity index (χ3v) is 5.38. The number of carbonyl (C=O) groups is 1. The van der Waals surface area contributed by atoms with E-state index in [9.17, 15) is 9.18 Å². The van der Waals surface area contributed by atoms with Crippen molar-refractivity contribution in [1.82, 2.24) is 5.32 Å². The average Bonchev–Trinajstić information content (AvgIpc) is 2.40. The Bertz CT molecular complexity index is 430. The van der Waals surface area contributed by atoms with Crippen molar-refractivity contribution < 1.29 is 9.18 Å². The van der Waals surface area contributed by atoms with E-state index in [1.807, 2.05) is 0 Å². The molecule has 0 saturated heterocycles. The number of alkyl halides is 1. The summed E-state index contributed by atoms with van der Waals surface area (Å²) in [5, 5.41) is 2.81. The minimum absolute atomic E-state index is 0.0797. The predicted molar refractivity (Wildman–Crippen MR) is 85.6 cm³/mol. The van der Waals surface area contributed by atoms with Crippen LogP contribution in [0.3, 0.4) is 0 Å². The molecule has 3 heteroatoms. The molecule has 2 nitrogen and oxygen atoms in total. The van der Waals surface area contributed by atoms with Gasteiger partial charge in [0.25, 0.3) is 5.91 Å². The number of hydrogen-bond donors (Lipinski definition) is 1. The lowest BCUT2D eigenvalue weighted by molar-refractivity contribution is -0.130. The van der Waals surface area contributed by atoms with E-state index in [4.69, 9.17) is 0 Å². The van der Waals surface area contributed by atoms with E-state index in [2.05, 4.69) is 51.8 Å². The summed E-state index contributed by atoms with van der Waals surface area (Å²) in [6.45, 7) is 11.2. The van der Waals surface area contributed by atoms with Crippen LogP contribution in [0.15, 0.2) is 0 Å². The zero-order valence-corrected chi connectivity index (χ0v) is 14.2. The Hall–Kier alpha value is -1.04. The van der Waals surface area contributed by atoms with Gasteiger partial charge in [0.05, 0.1) is 0 Å². The van der Waals surface area contributed by atoms with Crippen LogP contribution in [0.4, 0.5) is 4.39 Å². The van der Waals surface area contributed by atoms with Crippen molar-refractivity contribution in [2.24, 2.45) is 10.8 Å². The Kier molecular flexibility index (Phi) is 5.84. The predicted octanol–water partition coefficient (Wildman–Crippen LogP) is 4.24. The van der Waals surface area contributed by atoms with E-state index in [0.29, 0.717) is 13.0 Å². The molecule has 0 bridgehead atoms. The first-order valence-corrected chi connectivity index (χ1v) is 8.12. The smallest absolute Gasteiger partial charge is 0.270 e. The van der Waals surface area contributed by atoms with Crippen molar-refractivity contribution in [1.29, 1.82) is 0 Å². The van der Waals surface area contributed by atoms with Gasteiger partial charge in [-0.1, -0.05) is 59.3 Å². The molecular weight excluding hydrogens is 265 g/mol. The van der Waals surface area contributed by atoms with E-state index >= 15 is 0 Å². The zero-order chi connectivity index (χ0) is 16.1. The van der Waals surface area contributed by atoms with Gasteiger partial charge in [-0.15, -0.1) is 0 Å². The van der Waals surface area contributed by atoms with Crippen molar-refractivity contribution in [3.05, 3.63) is 0 Å². The van der Waals surface area contributed by atoms with E-state index < -0.39 is 11.6 Å². The van der Waals surface area contributed by atoms with Crippen LogP contribution in [0.2, 0.25) is 0 Å². The lowest BCUT2D eigenvalue weighted by Gasteiger charge is -2.41. The second-order valence-electron chi connectivity index (χ2n) is 7.47. The van der Waals surface area contributed by atoms with Crippen molar-refractivity contribution in [2.45, 2.75) is 78.8 Å². The Morgan fingerprint density at radius 2 is 1.86 bits per heavy atom.